The molecule has 2 aromatic rings. The molecule has 2 rings (SSSR count). The predicted molar refractivity (Wildman–Crippen MR) is 149 cm³/mol. The van der Waals surface area contributed by atoms with E-state index in [-0.39, 0.29) is 0 Å². The lowest BCUT2D eigenvalue weighted by Crippen LogP contribution is -2.12. The minimum atomic E-state index is 0.576. The van der Waals surface area contributed by atoms with Crippen molar-refractivity contribution in [2.24, 2.45) is 0 Å². The molecule has 1 unspecified atom stereocenters. The summed E-state index contributed by atoms with van der Waals surface area (Å²) in [6, 6.07) is 10.2. The zero-order chi connectivity index (χ0) is 24.2. The summed E-state index contributed by atoms with van der Waals surface area (Å²) in [5, 5.41) is 0. The maximum Gasteiger partial charge on any atom is -0.0144 e. The van der Waals surface area contributed by atoms with Crippen molar-refractivity contribution in [2.45, 2.75) is 138 Å². The van der Waals surface area contributed by atoms with Crippen LogP contribution in [0.4, 0.5) is 0 Å². The first-order chi connectivity index (χ1) is 16.0. The first-order valence-corrected chi connectivity index (χ1v) is 14.3. The maximum absolute atomic E-state index is 2.56. The predicted octanol–water partition coefficient (Wildman–Crippen LogP) is 9.75. The summed E-state index contributed by atoms with van der Waals surface area (Å²) in [5.41, 5.74) is 13.0. The zero-order valence-electron chi connectivity index (χ0n) is 23.1. The number of hydrogen-bond donors (Lipinski definition) is 0. The Hall–Kier alpha value is -1.56. The van der Waals surface area contributed by atoms with Crippen molar-refractivity contribution in [3.05, 3.63) is 68.8 Å². The van der Waals surface area contributed by atoms with E-state index in [1.807, 2.05) is 0 Å². The third-order valence-electron chi connectivity index (χ3n) is 7.06. The molecule has 0 saturated carbocycles. The van der Waals surface area contributed by atoms with Gasteiger partial charge in [0.05, 0.1) is 0 Å². The quantitative estimate of drug-likeness (QED) is 0.254. The Labute approximate surface area is 206 Å². The fourth-order valence-corrected chi connectivity index (χ4v) is 5.83. The molecule has 0 aliphatic carbocycles. The molecule has 0 nitrogen and oxygen atoms in total. The molecular formula is C33H52. The van der Waals surface area contributed by atoms with Crippen molar-refractivity contribution in [2.75, 3.05) is 0 Å². The molecule has 0 fully saturated rings. The normalized spacial score (nSPS) is 12.3. The lowest BCUT2D eigenvalue weighted by Gasteiger charge is -2.25. The van der Waals surface area contributed by atoms with Crippen LogP contribution in [-0.2, 0) is 44.9 Å². The van der Waals surface area contributed by atoms with Crippen LogP contribution in [0, 0.1) is 0 Å². The molecule has 0 aromatic heterocycles. The second kappa shape index (κ2) is 14.6. The fraction of sp³-hybridized carbons (Fsp3) is 0.636. The molecule has 0 spiro atoms. The smallest absolute Gasteiger partial charge is 0.0144 e. The van der Waals surface area contributed by atoms with Crippen LogP contribution in [0.25, 0.3) is 0 Å². The van der Waals surface area contributed by atoms with Crippen LogP contribution in [-0.4, -0.2) is 0 Å². The van der Waals surface area contributed by atoms with E-state index >= 15 is 0 Å². The van der Waals surface area contributed by atoms with E-state index < -0.39 is 0 Å². The van der Waals surface area contributed by atoms with Crippen molar-refractivity contribution in [1.82, 2.24) is 0 Å². The summed E-state index contributed by atoms with van der Waals surface area (Å²) < 4.78 is 0. The van der Waals surface area contributed by atoms with Gasteiger partial charge < -0.3 is 0 Å². The van der Waals surface area contributed by atoms with Gasteiger partial charge in [-0.3, -0.25) is 0 Å². The summed E-state index contributed by atoms with van der Waals surface area (Å²) in [7, 11) is 0. The van der Waals surface area contributed by atoms with E-state index in [4.69, 9.17) is 0 Å². The number of benzene rings is 2. The van der Waals surface area contributed by atoms with Crippen LogP contribution in [0.5, 0.6) is 0 Å². The SMILES string of the molecule is CCCc1cc(CCC)c(CC(C)c2c(CCC)cc(CCC)cc2CCC)c(CCC)c1. The Morgan fingerprint density at radius 3 is 1.18 bits per heavy atom. The van der Waals surface area contributed by atoms with Crippen molar-refractivity contribution in [1.29, 1.82) is 0 Å². The van der Waals surface area contributed by atoms with E-state index in [1.165, 1.54) is 83.5 Å². The van der Waals surface area contributed by atoms with Gasteiger partial charge in [0, 0.05) is 0 Å². The van der Waals surface area contributed by atoms with E-state index in [0.29, 0.717) is 5.92 Å². The highest BCUT2D eigenvalue weighted by molar-refractivity contribution is 5.45. The monoisotopic (exact) mass is 448 g/mol. The van der Waals surface area contributed by atoms with E-state index in [0.717, 1.165) is 0 Å². The van der Waals surface area contributed by atoms with Gasteiger partial charge in [0.25, 0.3) is 0 Å². The Morgan fingerprint density at radius 2 is 0.818 bits per heavy atom. The second-order valence-corrected chi connectivity index (χ2v) is 10.3. The van der Waals surface area contributed by atoms with Gasteiger partial charge in [-0.25, -0.2) is 0 Å². The summed E-state index contributed by atoms with van der Waals surface area (Å²) in [6.07, 6.45) is 15.9. The molecule has 0 bridgehead atoms. The Balaban J connectivity index is 2.56. The Bertz CT molecular complexity index is 787. The molecule has 0 aliphatic rings. The van der Waals surface area contributed by atoms with Gasteiger partial charge in [0.15, 0.2) is 0 Å². The molecule has 0 heteroatoms. The highest BCUT2D eigenvalue weighted by atomic mass is 14.2. The van der Waals surface area contributed by atoms with Crippen LogP contribution in [0.1, 0.15) is 137 Å². The third kappa shape index (κ3) is 7.73. The minimum Gasteiger partial charge on any atom is -0.0651 e. The number of rotatable bonds is 15. The molecule has 0 radical (unpaired) electrons. The molecule has 0 aliphatic heterocycles. The molecule has 0 N–H and O–H groups in total. The molecule has 184 valence electrons. The molecule has 0 heterocycles. The van der Waals surface area contributed by atoms with Crippen LogP contribution in [0.2, 0.25) is 0 Å². The van der Waals surface area contributed by atoms with E-state index in [1.54, 1.807) is 44.5 Å². The zero-order valence-corrected chi connectivity index (χ0v) is 23.1. The summed E-state index contributed by atoms with van der Waals surface area (Å²) in [6.45, 7) is 16.5. The molecule has 0 amide bonds. The second-order valence-electron chi connectivity index (χ2n) is 10.3. The first kappa shape index (κ1) is 27.7. The number of hydrogen-bond acceptors (Lipinski definition) is 0. The standard InChI is InChI=1S/C33H52/c1-8-14-26-21-28(16-10-3)32(29(22-26)17-11-4)20-25(7)33-30(18-12-5)23-27(15-9-2)24-31(33)19-13-6/h21-25H,8-20H2,1-7H3. The molecule has 33 heavy (non-hydrogen) atoms. The Morgan fingerprint density at radius 1 is 0.485 bits per heavy atom. The van der Waals surface area contributed by atoms with Gasteiger partial charge in [-0.1, -0.05) is 111 Å². The topological polar surface area (TPSA) is 0 Å². The Kier molecular flexibility index (Phi) is 12.3. The van der Waals surface area contributed by atoms with Crippen LogP contribution in [0.15, 0.2) is 24.3 Å². The van der Waals surface area contributed by atoms with Crippen LogP contribution in [0.3, 0.4) is 0 Å². The van der Waals surface area contributed by atoms with Gasteiger partial charge in [-0.05, 0) is 95.4 Å². The van der Waals surface area contributed by atoms with Crippen LogP contribution < -0.4 is 0 Å². The lowest BCUT2D eigenvalue weighted by atomic mass is 9.80. The van der Waals surface area contributed by atoms with Gasteiger partial charge in [-0.15, -0.1) is 0 Å². The average Bonchev–Trinajstić information content (AvgIpc) is 2.77. The molecule has 2 aromatic carbocycles. The van der Waals surface area contributed by atoms with E-state index in [2.05, 4.69) is 72.7 Å². The summed E-state index contributed by atoms with van der Waals surface area (Å²) in [4.78, 5) is 0. The van der Waals surface area contributed by atoms with Gasteiger partial charge in [0.1, 0.15) is 0 Å². The third-order valence-corrected chi connectivity index (χ3v) is 7.06. The molecule has 0 saturated heterocycles. The summed E-state index contributed by atoms with van der Waals surface area (Å²) in [5.74, 6) is 0.576. The highest BCUT2D eigenvalue weighted by Crippen LogP contribution is 2.34. The largest absolute Gasteiger partial charge is 0.0651 e. The fourth-order valence-electron chi connectivity index (χ4n) is 5.83. The number of aryl methyl sites for hydroxylation is 6. The average molecular weight is 449 g/mol. The van der Waals surface area contributed by atoms with Crippen molar-refractivity contribution in [3.63, 3.8) is 0 Å². The van der Waals surface area contributed by atoms with Gasteiger partial charge in [0.2, 0.25) is 0 Å². The van der Waals surface area contributed by atoms with Gasteiger partial charge >= 0.3 is 0 Å². The van der Waals surface area contributed by atoms with Crippen molar-refractivity contribution in [3.8, 4) is 0 Å². The van der Waals surface area contributed by atoms with Gasteiger partial charge in [-0.2, -0.15) is 0 Å². The minimum absolute atomic E-state index is 0.576. The van der Waals surface area contributed by atoms with E-state index in [9.17, 15) is 0 Å². The summed E-state index contributed by atoms with van der Waals surface area (Å²) >= 11 is 0. The van der Waals surface area contributed by atoms with Crippen LogP contribution >= 0.6 is 0 Å². The lowest BCUT2D eigenvalue weighted by molar-refractivity contribution is 0.702. The molecule has 1 atom stereocenters. The first-order valence-electron chi connectivity index (χ1n) is 14.3. The van der Waals surface area contributed by atoms with Crippen molar-refractivity contribution >= 4 is 0 Å². The maximum atomic E-state index is 2.56. The highest BCUT2D eigenvalue weighted by Gasteiger charge is 2.20. The van der Waals surface area contributed by atoms with Crippen molar-refractivity contribution < 1.29 is 0 Å². The molecular weight excluding hydrogens is 396 g/mol.